The third-order valence-corrected chi connectivity index (χ3v) is 4.24. The number of hydrogen-bond acceptors (Lipinski definition) is 8. The molecule has 8 nitrogen and oxygen atoms in total. The van der Waals surface area contributed by atoms with E-state index in [1.165, 1.54) is 0 Å². The summed E-state index contributed by atoms with van der Waals surface area (Å²) in [5.74, 6) is 2.67. The summed E-state index contributed by atoms with van der Waals surface area (Å²) in [6, 6.07) is 0.286. The molecular weight excluding hydrogens is 284 g/mol. The second-order valence-electron chi connectivity index (χ2n) is 5.76. The molecule has 3 heterocycles. The smallest absolute Gasteiger partial charge is 0.243 e. The zero-order valence-electron chi connectivity index (χ0n) is 13.5. The summed E-state index contributed by atoms with van der Waals surface area (Å²) >= 11 is 0. The number of aromatic nitrogens is 4. The minimum absolute atomic E-state index is 0.143. The van der Waals surface area contributed by atoms with Crippen LogP contribution < -0.4 is 0 Å². The molecular formula is C14H22N6O2. The molecule has 0 radical (unpaired) electrons. The monoisotopic (exact) mass is 306 g/mol. The molecule has 0 aromatic carbocycles. The van der Waals surface area contributed by atoms with Gasteiger partial charge in [0, 0.05) is 33.1 Å². The van der Waals surface area contributed by atoms with Crippen LogP contribution in [0.4, 0.5) is 0 Å². The predicted molar refractivity (Wildman–Crippen MR) is 78.0 cm³/mol. The van der Waals surface area contributed by atoms with Crippen LogP contribution in [0.5, 0.6) is 0 Å². The van der Waals surface area contributed by atoms with Crippen molar-refractivity contribution in [2.45, 2.75) is 39.8 Å². The predicted octanol–water partition coefficient (Wildman–Crippen LogP) is 1.51. The van der Waals surface area contributed by atoms with E-state index in [-0.39, 0.29) is 12.1 Å². The van der Waals surface area contributed by atoms with Crippen molar-refractivity contribution in [3.63, 3.8) is 0 Å². The van der Waals surface area contributed by atoms with E-state index in [0.717, 1.165) is 26.2 Å². The molecule has 0 N–H and O–H groups in total. The SMILES string of the molecule is Cc1noc([C@H](C)N2CCN([C@H](C)c3nnc(C)o3)CC2)n1. The van der Waals surface area contributed by atoms with Crippen LogP contribution in [0.15, 0.2) is 8.94 Å². The summed E-state index contributed by atoms with van der Waals surface area (Å²) in [6.45, 7) is 11.6. The van der Waals surface area contributed by atoms with Gasteiger partial charge in [0.25, 0.3) is 0 Å². The molecule has 2 atom stereocenters. The first-order chi connectivity index (χ1) is 10.5. The fourth-order valence-corrected chi connectivity index (χ4v) is 2.79. The zero-order valence-corrected chi connectivity index (χ0v) is 13.5. The molecule has 0 saturated carbocycles. The third kappa shape index (κ3) is 3.02. The molecule has 120 valence electrons. The Morgan fingerprint density at radius 1 is 0.909 bits per heavy atom. The average Bonchev–Trinajstić information content (AvgIpc) is 3.14. The molecule has 0 bridgehead atoms. The summed E-state index contributed by atoms with van der Waals surface area (Å²) in [4.78, 5) is 9.04. The van der Waals surface area contributed by atoms with Gasteiger partial charge in [-0.05, 0) is 20.8 Å². The molecule has 1 saturated heterocycles. The van der Waals surface area contributed by atoms with Crippen molar-refractivity contribution in [1.29, 1.82) is 0 Å². The van der Waals surface area contributed by atoms with Gasteiger partial charge in [0.05, 0.1) is 12.1 Å². The highest BCUT2D eigenvalue weighted by Gasteiger charge is 2.29. The largest absolute Gasteiger partial charge is 0.424 e. The summed E-state index contributed by atoms with van der Waals surface area (Å²) < 4.78 is 10.8. The Morgan fingerprint density at radius 2 is 1.50 bits per heavy atom. The number of nitrogens with zero attached hydrogens (tertiary/aromatic N) is 6. The minimum atomic E-state index is 0.143. The lowest BCUT2D eigenvalue weighted by atomic mass is 10.2. The number of hydrogen-bond donors (Lipinski definition) is 0. The van der Waals surface area contributed by atoms with E-state index in [2.05, 4.69) is 44.0 Å². The minimum Gasteiger partial charge on any atom is -0.424 e. The van der Waals surface area contributed by atoms with Gasteiger partial charge in [0.2, 0.25) is 17.7 Å². The fraction of sp³-hybridized carbons (Fsp3) is 0.714. The van der Waals surface area contributed by atoms with Gasteiger partial charge in [-0.15, -0.1) is 10.2 Å². The van der Waals surface area contributed by atoms with Crippen molar-refractivity contribution in [3.8, 4) is 0 Å². The molecule has 0 unspecified atom stereocenters. The summed E-state index contributed by atoms with van der Waals surface area (Å²) in [5.41, 5.74) is 0. The van der Waals surface area contributed by atoms with Gasteiger partial charge in [0.1, 0.15) is 0 Å². The lowest BCUT2D eigenvalue weighted by Gasteiger charge is -2.38. The van der Waals surface area contributed by atoms with Crippen LogP contribution in [0.3, 0.4) is 0 Å². The maximum atomic E-state index is 5.53. The van der Waals surface area contributed by atoms with Gasteiger partial charge in [-0.1, -0.05) is 5.16 Å². The van der Waals surface area contributed by atoms with Crippen molar-refractivity contribution in [2.24, 2.45) is 0 Å². The van der Waals surface area contributed by atoms with E-state index < -0.39 is 0 Å². The van der Waals surface area contributed by atoms with E-state index >= 15 is 0 Å². The summed E-state index contributed by atoms with van der Waals surface area (Å²) in [5, 5.41) is 11.9. The number of piperazine rings is 1. The van der Waals surface area contributed by atoms with Gasteiger partial charge in [-0.25, -0.2) is 0 Å². The molecule has 1 aliphatic heterocycles. The Kier molecular flexibility index (Phi) is 4.21. The lowest BCUT2D eigenvalue weighted by Crippen LogP contribution is -2.47. The second kappa shape index (κ2) is 6.13. The Hall–Kier alpha value is -1.80. The van der Waals surface area contributed by atoms with Crippen LogP contribution in [0.1, 0.15) is 49.4 Å². The average molecular weight is 306 g/mol. The van der Waals surface area contributed by atoms with Crippen molar-refractivity contribution < 1.29 is 8.94 Å². The van der Waals surface area contributed by atoms with Crippen LogP contribution in [-0.4, -0.2) is 56.3 Å². The van der Waals surface area contributed by atoms with E-state index in [4.69, 9.17) is 8.94 Å². The first kappa shape index (κ1) is 15.1. The zero-order chi connectivity index (χ0) is 15.7. The second-order valence-corrected chi connectivity index (χ2v) is 5.76. The highest BCUT2D eigenvalue weighted by Crippen LogP contribution is 2.24. The molecule has 8 heteroatoms. The van der Waals surface area contributed by atoms with Crippen LogP contribution >= 0.6 is 0 Å². The fourth-order valence-electron chi connectivity index (χ4n) is 2.79. The maximum Gasteiger partial charge on any atom is 0.243 e. The Balaban J connectivity index is 1.58. The van der Waals surface area contributed by atoms with Crippen molar-refractivity contribution in [1.82, 2.24) is 30.1 Å². The van der Waals surface area contributed by atoms with Gasteiger partial charge in [-0.3, -0.25) is 9.80 Å². The van der Waals surface area contributed by atoms with E-state index in [9.17, 15) is 0 Å². The lowest BCUT2D eigenvalue weighted by molar-refractivity contribution is 0.0603. The molecule has 0 amide bonds. The summed E-state index contributed by atoms with van der Waals surface area (Å²) in [6.07, 6.45) is 0. The van der Waals surface area contributed by atoms with Crippen LogP contribution in [0.25, 0.3) is 0 Å². The van der Waals surface area contributed by atoms with Gasteiger partial charge < -0.3 is 8.94 Å². The summed E-state index contributed by atoms with van der Waals surface area (Å²) in [7, 11) is 0. The topological polar surface area (TPSA) is 84.3 Å². The van der Waals surface area contributed by atoms with Crippen molar-refractivity contribution in [3.05, 3.63) is 23.5 Å². The van der Waals surface area contributed by atoms with E-state index in [0.29, 0.717) is 23.5 Å². The van der Waals surface area contributed by atoms with Crippen molar-refractivity contribution >= 4 is 0 Å². The Bertz CT molecular complexity index is 562. The highest BCUT2D eigenvalue weighted by molar-refractivity contribution is 4.94. The quantitative estimate of drug-likeness (QED) is 0.840. The number of aryl methyl sites for hydroxylation is 2. The molecule has 22 heavy (non-hydrogen) atoms. The molecule has 3 rings (SSSR count). The first-order valence-electron chi connectivity index (χ1n) is 7.63. The Morgan fingerprint density at radius 3 is 1.95 bits per heavy atom. The maximum absolute atomic E-state index is 5.53. The third-order valence-electron chi connectivity index (χ3n) is 4.24. The van der Waals surface area contributed by atoms with Crippen LogP contribution in [-0.2, 0) is 0 Å². The molecule has 0 spiro atoms. The normalized spacial score (nSPS) is 20.2. The molecule has 0 aliphatic carbocycles. The molecule has 2 aromatic heterocycles. The number of rotatable bonds is 4. The molecule has 2 aromatic rings. The van der Waals surface area contributed by atoms with Crippen LogP contribution in [0, 0.1) is 13.8 Å². The Labute approximate surface area is 129 Å². The van der Waals surface area contributed by atoms with Gasteiger partial charge >= 0.3 is 0 Å². The van der Waals surface area contributed by atoms with Gasteiger partial charge in [0.15, 0.2) is 5.82 Å². The van der Waals surface area contributed by atoms with Crippen molar-refractivity contribution in [2.75, 3.05) is 26.2 Å². The van der Waals surface area contributed by atoms with E-state index in [1.54, 1.807) is 0 Å². The molecule has 1 fully saturated rings. The van der Waals surface area contributed by atoms with Crippen LogP contribution in [0.2, 0.25) is 0 Å². The first-order valence-corrected chi connectivity index (χ1v) is 7.63. The van der Waals surface area contributed by atoms with Gasteiger partial charge in [-0.2, -0.15) is 4.98 Å². The standard InChI is InChI=1S/C14H22N6O2/c1-9(13-15-11(3)18-22-13)19-5-7-20(8-6-19)10(2)14-17-16-12(4)21-14/h9-10H,5-8H2,1-4H3/t9-,10+/m0/s1. The molecule has 1 aliphatic rings. The highest BCUT2D eigenvalue weighted by atomic mass is 16.5. The van der Waals surface area contributed by atoms with E-state index in [1.807, 2.05) is 13.8 Å².